The molecule has 112 valence electrons. The van der Waals surface area contributed by atoms with Crippen LogP contribution in [0.2, 0.25) is 0 Å². The average molecular weight is 286 g/mol. The smallest absolute Gasteiger partial charge is 0.335 e. The van der Waals surface area contributed by atoms with Gasteiger partial charge < -0.3 is 9.67 Å². The summed E-state index contributed by atoms with van der Waals surface area (Å²) in [6.07, 6.45) is 5.66. The molecule has 2 atom stereocenters. The average Bonchev–Trinajstić information content (AvgIpc) is 3.11. The van der Waals surface area contributed by atoms with E-state index in [2.05, 4.69) is 18.4 Å². The second kappa shape index (κ2) is 5.51. The van der Waals surface area contributed by atoms with E-state index >= 15 is 0 Å². The molecule has 0 saturated heterocycles. The van der Waals surface area contributed by atoms with E-state index in [0.29, 0.717) is 11.6 Å². The van der Waals surface area contributed by atoms with Gasteiger partial charge in [-0.1, -0.05) is 20.3 Å². The number of imidazole rings is 1. The predicted octanol–water partition coefficient (Wildman–Crippen LogP) is 4.05. The normalized spacial score (nSPS) is 20.9. The van der Waals surface area contributed by atoms with Gasteiger partial charge in [0.1, 0.15) is 5.82 Å². The fourth-order valence-corrected chi connectivity index (χ4v) is 3.27. The van der Waals surface area contributed by atoms with E-state index in [0.717, 1.165) is 35.6 Å². The summed E-state index contributed by atoms with van der Waals surface area (Å²) in [7, 11) is 0. The van der Waals surface area contributed by atoms with E-state index < -0.39 is 5.97 Å². The van der Waals surface area contributed by atoms with Crippen molar-refractivity contribution in [3.8, 4) is 0 Å². The standard InChI is InChI=1S/C17H22N2O2/c1-3-5-11-9-14(11)19-15-10-12(17(20)21)7-8-13(15)18-16(19)6-4-2/h7-8,10-11,14H,3-6,9H2,1-2H3,(H,20,21). The third kappa shape index (κ3) is 2.55. The highest BCUT2D eigenvalue weighted by molar-refractivity contribution is 5.92. The Labute approximate surface area is 124 Å². The van der Waals surface area contributed by atoms with Crippen molar-refractivity contribution in [1.29, 1.82) is 0 Å². The number of hydrogen-bond donors (Lipinski definition) is 1. The number of rotatable bonds is 6. The van der Waals surface area contributed by atoms with Crippen LogP contribution in [-0.4, -0.2) is 20.6 Å². The molecule has 21 heavy (non-hydrogen) atoms. The molecule has 4 nitrogen and oxygen atoms in total. The Morgan fingerprint density at radius 1 is 1.38 bits per heavy atom. The van der Waals surface area contributed by atoms with Crippen LogP contribution in [0.25, 0.3) is 11.0 Å². The molecule has 1 N–H and O–H groups in total. The number of aromatic nitrogens is 2. The Morgan fingerprint density at radius 3 is 2.86 bits per heavy atom. The minimum Gasteiger partial charge on any atom is -0.478 e. The first-order valence-corrected chi connectivity index (χ1v) is 7.89. The van der Waals surface area contributed by atoms with E-state index in [-0.39, 0.29) is 0 Å². The van der Waals surface area contributed by atoms with Crippen LogP contribution in [0, 0.1) is 5.92 Å². The first-order valence-electron chi connectivity index (χ1n) is 7.89. The van der Waals surface area contributed by atoms with Crippen LogP contribution in [0.4, 0.5) is 0 Å². The van der Waals surface area contributed by atoms with Gasteiger partial charge in [0, 0.05) is 12.5 Å². The van der Waals surface area contributed by atoms with E-state index in [1.807, 2.05) is 6.07 Å². The number of carbonyl (C=O) groups is 1. The van der Waals surface area contributed by atoms with Gasteiger partial charge in [-0.05, 0) is 43.4 Å². The first-order chi connectivity index (χ1) is 10.2. The zero-order chi connectivity index (χ0) is 15.0. The highest BCUT2D eigenvalue weighted by Crippen LogP contribution is 2.48. The molecule has 3 rings (SSSR count). The van der Waals surface area contributed by atoms with Crippen LogP contribution in [0.15, 0.2) is 18.2 Å². The fourth-order valence-electron chi connectivity index (χ4n) is 3.27. The zero-order valence-electron chi connectivity index (χ0n) is 12.7. The van der Waals surface area contributed by atoms with Crippen LogP contribution in [-0.2, 0) is 6.42 Å². The van der Waals surface area contributed by atoms with Crippen molar-refractivity contribution in [1.82, 2.24) is 9.55 Å². The van der Waals surface area contributed by atoms with Crippen LogP contribution in [0.5, 0.6) is 0 Å². The fraction of sp³-hybridized carbons (Fsp3) is 0.529. The second-order valence-corrected chi connectivity index (χ2v) is 6.01. The highest BCUT2D eigenvalue weighted by Gasteiger charge is 2.39. The van der Waals surface area contributed by atoms with Crippen LogP contribution < -0.4 is 0 Å². The Kier molecular flexibility index (Phi) is 3.70. The van der Waals surface area contributed by atoms with Gasteiger partial charge in [0.2, 0.25) is 0 Å². The Bertz CT molecular complexity index is 675. The molecule has 1 aromatic carbocycles. The maximum atomic E-state index is 11.2. The number of carboxylic acid groups (broad SMARTS) is 1. The Hall–Kier alpha value is -1.84. The number of hydrogen-bond acceptors (Lipinski definition) is 2. The Morgan fingerprint density at radius 2 is 2.19 bits per heavy atom. The van der Waals surface area contributed by atoms with E-state index in [1.165, 1.54) is 19.3 Å². The number of benzene rings is 1. The largest absolute Gasteiger partial charge is 0.478 e. The molecule has 1 aliphatic rings. The summed E-state index contributed by atoms with van der Waals surface area (Å²) in [5.41, 5.74) is 2.26. The number of carboxylic acids is 1. The molecule has 1 aliphatic carbocycles. The lowest BCUT2D eigenvalue weighted by atomic mass is 10.2. The predicted molar refractivity (Wildman–Crippen MR) is 82.7 cm³/mol. The van der Waals surface area contributed by atoms with E-state index in [1.54, 1.807) is 12.1 Å². The molecule has 0 bridgehead atoms. The lowest BCUT2D eigenvalue weighted by molar-refractivity contribution is 0.0697. The molecular formula is C17H22N2O2. The van der Waals surface area contributed by atoms with Gasteiger partial charge in [-0.15, -0.1) is 0 Å². The number of nitrogens with zero attached hydrogens (tertiary/aromatic N) is 2. The summed E-state index contributed by atoms with van der Waals surface area (Å²) in [5.74, 6) is 0.970. The van der Waals surface area contributed by atoms with Crippen molar-refractivity contribution in [3.05, 3.63) is 29.6 Å². The maximum Gasteiger partial charge on any atom is 0.335 e. The lowest BCUT2D eigenvalue weighted by Gasteiger charge is -2.08. The van der Waals surface area contributed by atoms with Gasteiger partial charge in [0.25, 0.3) is 0 Å². The van der Waals surface area contributed by atoms with Gasteiger partial charge in [-0.25, -0.2) is 9.78 Å². The zero-order valence-corrected chi connectivity index (χ0v) is 12.7. The number of aromatic carboxylic acids is 1. The minimum atomic E-state index is -0.873. The lowest BCUT2D eigenvalue weighted by Crippen LogP contribution is -2.04. The quantitative estimate of drug-likeness (QED) is 0.871. The third-order valence-electron chi connectivity index (χ3n) is 4.36. The van der Waals surface area contributed by atoms with Crippen molar-refractivity contribution in [2.45, 2.75) is 52.0 Å². The molecule has 2 aromatic rings. The van der Waals surface area contributed by atoms with Crippen molar-refractivity contribution in [3.63, 3.8) is 0 Å². The van der Waals surface area contributed by atoms with E-state index in [9.17, 15) is 9.90 Å². The molecule has 1 saturated carbocycles. The summed E-state index contributed by atoms with van der Waals surface area (Å²) in [6, 6.07) is 5.78. The summed E-state index contributed by atoms with van der Waals surface area (Å²) in [6.45, 7) is 4.37. The molecular weight excluding hydrogens is 264 g/mol. The molecule has 1 fully saturated rings. The number of aryl methyl sites for hydroxylation is 1. The molecule has 1 heterocycles. The molecule has 4 heteroatoms. The van der Waals surface area contributed by atoms with Gasteiger partial charge in [0.05, 0.1) is 16.6 Å². The summed E-state index contributed by atoms with van der Waals surface area (Å²) >= 11 is 0. The van der Waals surface area contributed by atoms with Crippen molar-refractivity contribution >= 4 is 17.0 Å². The summed E-state index contributed by atoms with van der Waals surface area (Å²) < 4.78 is 2.31. The van der Waals surface area contributed by atoms with Crippen LogP contribution >= 0.6 is 0 Å². The van der Waals surface area contributed by atoms with Crippen LogP contribution in [0.3, 0.4) is 0 Å². The number of fused-ring (bicyclic) bond motifs is 1. The van der Waals surface area contributed by atoms with Gasteiger partial charge in [0.15, 0.2) is 0 Å². The minimum absolute atomic E-state index is 0.347. The van der Waals surface area contributed by atoms with Crippen LogP contribution in [0.1, 0.15) is 61.8 Å². The SMILES string of the molecule is CCCc1nc2ccc(C(=O)O)cc2n1C1CC1CCC. The third-order valence-corrected chi connectivity index (χ3v) is 4.36. The van der Waals surface area contributed by atoms with Crippen molar-refractivity contribution in [2.75, 3.05) is 0 Å². The van der Waals surface area contributed by atoms with Gasteiger partial charge in [-0.2, -0.15) is 0 Å². The van der Waals surface area contributed by atoms with Gasteiger partial charge >= 0.3 is 5.97 Å². The maximum absolute atomic E-state index is 11.2. The molecule has 0 spiro atoms. The first kappa shape index (κ1) is 14.1. The molecule has 0 amide bonds. The topological polar surface area (TPSA) is 55.1 Å². The van der Waals surface area contributed by atoms with Crippen molar-refractivity contribution in [2.24, 2.45) is 5.92 Å². The molecule has 2 unspecified atom stereocenters. The summed E-state index contributed by atoms with van der Waals surface area (Å²) in [5, 5.41) is 9.21. The highest BCUT2D eigenvalue weighted by atomic mass is 16.4. The second-order valence-electron chi connectivity index (χ2n) is 6.01. The van der Waals surface area contributed by atoms with Gasteiger partial charge in [-0.3, -0.25) is 0 Å². The monoisotopic (exact) mass is 286 g/mol. The summed E-state index contributed by atoms with van der Waals surface area (Å²) in [4.78, 5) is 15.9. The van der Waals surface area contributed by atoms with E-state index in [4.69, 9.17) is 4.98 Å². The molecule has 1 aromatic heterocycles. The molecule has 0 radical (unpaired) electrons. The Balaban J connectivity index is 2.07. The van der Waals surface area contributed by atoms with Crippen molar-refractivity contribution < 1.29 is 9.90 Å². The molecule has 0 aliphatic heterocycles.